The topological polar surface area (TPSA) is 38.1 Å². The van der Waals surface area contributed by atoms with Crippen molar-refractivity contribution in [2.24, 2.45) is 0 Å². The van der Waals surface area contributed by atoms with E-state index in [9.17, 15) is 4.39 Å². The number of benzene rings is 1. The lowest BCUT2D eigenvalue weighted by molar-refractivity contribution is 0.372. The number of hydrogen-bond acceptors (Lipinski definition) is 3. The molecular formula is C11H10BrFN2O. The summed E-state index contributed by atoms with van der Waals surface area (Å²) in [5, 5.41) is 6.78. The van der Waals surface area contributed by atoms with Crippen LogP contribution < -0.4 is 5.32 Å². The third kappa shape index (κ3) is 2.90. The number of rotatable bonds is 4. The van der Waals surface area contributed by atoms with Crippen LogP contribution in [-0.4, -0.2) is 5.16 Å². The Hall–Kier alpha value is -1.20. The molecule has 1 aromatic heterocycles. The average Bonchev–Trinajstić information content (AvgIpc) is 2.74. The van der Waals surface area contributed by atoms with Gasteiger partial charge < -0.3 is 9.84 Å². The number of hydrogen-bond donors (Lipinski definition) is 1. The molecule has 1 heterocycles. The Kier molecular flexibility index (Phi) is 3.69. The van der Waals surface area contributed by atoms with Gasteiger partial charge in [-0.1, -0.05) is 27.2 Å². The predicted molar refractivity (Wildman–Crippen MR) is 61.1 cm³/mol. The molecule has 2 aromatic rings. The lowest BCUT2D eigenvalue weighted by atomic mass is 10.2. The predicted octanol–water partition coefficient (Wildman–Crippen LogP) is 2.87. The second-order valence-corrected chi connectivity index (χ2v) is 4.17. The Morgan fingerprint density at radius 2 is 2.19 bits per heavy atom. The molecule has 0 aliphatic heterocycles. The fraction of sp³-hybridized carbons (Fsp3) is 0.182. The van der Waals surface area contributed by atoms with Gasteiger partial charge in [-0.05, 0) is 17.7 Å². The summed E-state index contributed by atoms with van der Waals surface area (Å²) in [5.41, 5.74) is 1.00. The minimum atomic E-state index is -0.245. The highest BCUT2D eigenvalue weighted by atomic mass is 79.9. The Morgan fingerprint density at radius 3 is 2.88 bits per heavy atom. The van der Waals surface area contributed by atoms with Crippen molar-refractivity contribution in [1.82, 2.24) is 10.5 Å². The number of aromatic nitrogens is 1. The van der Waals surface area contributed by atoms with Crippen LogP contribution in [0, 0.1) is 5.82 Å². The van der Waals surface area contributed by atoms with E-state index in [0.717, 1.165) is 15.8 Å². The smallest absolute Gasteiger partial charge is 0.150 e. The van der Waals surface area contributed by atoms with Gasteiger partial charge in [-0.3, -0.25) is 0 Å². The summed E-state index contributed by atoms with van der Waals surface area (Å²) in [6, 6.07) is 6.43. The second kappa shape index (κ2) is 5.23. The van der Waals surface area contributed by atoms with Gasteiger partial charge in [0.05, 0.1) is 12.7 Å². The molecule has 0 spiro atoms. The van der Waals surface area contributed by atoms with Gasteiger partial charge in [-0.2, -0.15) is 0 Å². The van der Waals surface area contributed by atoms with E-state index in [2.05, 4.69) is 26.4 Å². The first-order valence-electron chi connectivity index (χ1n) is 4.80. The van der Waals surface area contributed by atoms with E-state index >= 15 is 0 Å². The molecule has 0 radical (unpaired) electrons. The molecule has 1 aromatic carbocycles. The lowest BCUT2D eigenvalue weighted by Crippen LogP contribution is -2.12. The van der Waals surface area contributed by atoms with Crippen molar-refractivity contribution in [3.63, 3.8) is 0 Å². The van der Waals surface area contributed by atoms with Crippen LogP contribution in [0.25, 0.3) is 0 Å². The fourth-order valence-corrected chi connectivity index (χ4v) is 1.81. The number of halogens is 2. The molecule has 0 fully saturated rings. The average molecular weight is 285 g/mol. The molecule has 0 aliphatic carbocycles. The Balaban J connectivity index is 1.90. The first-order valence-corrected chi connectivity index (χ1v) is 5.59. The zero-order valence-corrected chi connectivity index (χ0v) is 10.00. The molecule has 5 heteroatoms. The molecular weight excluding hydrogens is 275 g/mol. The Bertz CT molecular complexity index is 459. The van der Waals surface area contributed by atoms with E-state index in [4.69, 9.17) is 4.52 Å². The molecule has 1 N–H and O–H groups in total. The van der Waals surface area contributed by atoms with Gasteiger partial charge >= 0.3 is 0 Å². The van der Waals surface area contributed by atoms with E-state index in [-0.39, 0.29) is 5.82 Å². The largest absolute Gasteiger partial charge is 0.360 e. The van der Waals surface area contributed by atoms with Gasteiger partial charge in [0.15, 0.2) is 0 Å². The van der Waals surface area contributed by atoms with E-state index < -0.39 is 0 Å². The zero-order chi connectivity index (χ0) is 11.4. The van der Waals surface area contributed by atoms with Gasteiger partial charge in [0, 0.05) is 17.1 Å². The van der Waals surface area contributed by atoms with Crippen LogP contribution in [0.2, 0.25) is 0 Å². The summed E-state index contributed by atoms with van der Waals surface area (Å²) in [4.78, 5) is 0. The third-order valence-electron chi connectivity index (χ3n) is 2.12. The minimum absolute atomic E-state index is 0.245. The van der Waals surface area contributed by atoms with Crippen molar-refractivity contribution in [3.05, 3.63) is 52.1 Å². The van der Waals surface area contributed by atoms with Crippen LogP contribution in [-0.2, 0) is 13.1 Å². The van der Waals surface area contributed by atoms with Crippen molar-refractivity contribution in [1.29, 1.82) is 0 Å². The van der Waals surface area contributed by atoms with Crippen LogP contribution in [0.3, 0.4) is 0 Å². The maximum absolute atomic E-state index is 12.8. The number of nitrogens with one attached hydrogen (secondary N) is 1. The summed E-state index contributed by atoms with van der Waals surface area (Å²) in [7, 11) is 0. The molecule has 0 unspecified atom stereocenters. The first kappa shape index (κ1) is 11.3. The van der Waals surface area contributed by atoms with Gasteiger partial charge in [0.2, 0.25) is 0 Å². The fourth-order valence-electron chi connectivity index (χ4n) is 1.32. The molecule has 0 saturated carbocycles. The van der Waals surface area contributed by atoms with Crippen molar-refractivity contribution in [3.8, 4) is 0 Å². The maximum Gasteiger partial charge on any atom is 0.150 e. The van der Waals surface area contributed by atoms with E-state index in [1.54, 1.807) is 18.3 Å². The van der Waals surface area contributed by atoms with Crippen LogP contribution in [0.5, 0.6) is 0 Å². The lowest BCUT2D eigenvalue weighted by Gasteiger charge is -2.05. The molecule has 0 bridgehead atoms. The SMILES string of the molecule is Fc1ccc(CNCc2ccno2)c(Br)c1. The molecule has 2 rings (SSSR count). The molecule has 3 nitrogen and oxygen atoms in total. The molecule has 0 aliphatic rings. The minimum Gasteiger partial charge on any atom is -0.360 e. The van der Waals surface area contributed by atoms with E-state index in [0.29, 0.717) is 13.1 Å². The zero-order valence-electron chi connectivity index (χ0n) is 8.41. The van der Waals surface area contributed by atoms with Gasteiger partial charge in [-0.25, -0.2) is 4.39 Å². The summed E-state index contributed by atoms with van der Waals surface area (Å²) in [6.45, 7) is 1.24. The molecule has 0 atom stereocenters. The summed E-state index contributed by atoms with van der Waals surface area (Å²) < 4.78 is 18.5. The van der Waals surface area contributed by atoms with Crippen molar-refractivity contribution < 1.29 is 8.91 Å². The molecule has 16 heavy (non-hydrogen) atoms. The summed E-state index contributed by atoms with van der Waals surface area (Å²) >= 11 is 3.31. The third-order valence-corrected chi connectivity index (χ3v) is 2.86. The highest BCUT2D eigenvalue weighted by Crippen LogP contribution is 2.17. The van der Waals surface area contributed by atoms with Crippen molar-refractivity contribution in [2.45, 2.75) is 13.1 Å². The monoisotopic (exact) mass is 284 g/mol. The number of nitrogens with zero attached hydrogens (tertiary/aromatic N) is 1. The second-order valence-electron chi connectivity index (χ2n) is 3.32. The molecule has 84 valence electrons. The van der Waals surface area contributed by atoms with Gasteiger partial charge in [0.1, 0.15) is 11.6 Å². The van der Waals surface area contributed by atoms with Crippen molar-refractivity contribution in [2.75, 3.05) is 0 Å². The highest BCUT2D eigenvalue weighted by Gasteiger charge is 2.02. The van der Waals surface area contributed by atoms with E-state index in [1.807, 2.05) is 0 Å². The quantitative estimate of drug-likeness (QED) is 0.938. The van der Waals surface area contributed by atoms with Crippen LogP contribution in [0.15, 0.2) is 39.5 Å². The standard InChI is InChI=1S/C11H10BrFN2O/c12-11-5-9(13)2-1-8(11)6-14-7-10-3-4-15-16-10/h1-5,14H,6-7H2. The highest BCUT2D eigenvalue weighted by molar-refractivity contribution is 9.10. The van der Waals surface area contributed by atoms with E-state index in [1.165, 1.54) is 12.1 Å². The van der Waals surface area contributed by atoms with Gasteiger partial charge in [0.25, 0.3) is 0 Å². The molecule has 0 saturated heterocycles. The van der Waals surface area contributed by atoms with Crippen LogP contribution >= 0.6 is 15.9 Å². The van der Waals surface area contributed by atoms with Crippen LogP contribution in [0.4, 0.5) is 4.39 Å². The van der Waals surface area contributed by atoms with Crippen LogP contribution in [0.1, 0.15) is 11.3 Å². The maximum atomic E-state index is 12.8. The normalized spacial score (nSPS) is 10.6. The summed E-state index contributed by atoms with van der Waals surface area (Å²) in [5.74, 6) is 0.532. The molecule has 0 amide bonds. The van der Waals surface area contributed by atoms with Gasteiger partial charge in [-0.15, -0.1) is 0 Å². The van der Waals surface area contributed by atoms with Crippen molar-refractivity contribution >= 4 is 15.9 Å². The summed E-state index contributed by atoms with van der Waals surface area (Å²) in [6.07, 6.45) is 1.60. The first-order chi connectivity index (χ1) is 7.75. The Morgan fingerprint density at radius 1 is 1.31 bits per heavy atom. The Labute approximate surface area is 101 Å².